The number of carbonyl (C=O) groups excluding carboxylic acids is 2. The molecule has 0 aromatic heterocycles. The number of para-hydroxylation sites is 1. The first-order chi connectivity index (χ1) is 15.6. The molecule has 3 rings (SSSR count). The number of ether oxygens (including phenoxy) is 2. The molecule has 7 heteroatoms. The molecule has 0 spiro atoms. The first kappa shape index (κ1) is 23.4. The van der Waals surface area contributed by atoms with Gasteiger partial charge in [0.1, 0.15) is 0 Å². The number of hydrogen-bond acceptors (Lipinski definition) is 5. The minimum atomic E-state index is -0.227. The van der Waals surface area contributed by atoms with Crippen LogP contribution in [0.2, 0.25) is 0 Å². The van der Waals surface area contributed by atoms with Crippen LogP contribution < -0.4 is 19.7 Å². The number of carbonyl (C=O) groups is 2. The van der Waals surface area contributed by atoms with Gasteiger partial charge >= 0.3 is 0 Å². The van der Waals surface area contributed by atoms with Crippen molar-refractivity contribution in [3.05, 3.63) is 54.1 Å². The van der Waals surface area contributed by atoms with Crippen molar-refractivity contribution in [2.45, 2.75) is 26.7 Å². The number of piperazine rings is 1. The molecule has 1 fully saturated rings. The highest BCUT2D eigenvalue weighted by atomic mass is 16.5. The highest BCUT2D eigenvalue weighted by Crippen LogP contribution is 2.28. The molecule has 2 aromatic rings. The second-order valence-corrected chi connectivity index (χ2v) is 7.65. The van der Waals surface area contributed by atoms with Crippen LogP contribution in [-0.2, 0) is 4.79 Å². The van der Waals surface area contributed by atoms with Crippen LogP contribution in [0.5, 0.6) is 11.5 Å². The average molecular weight is 440 g/mol. The number of rotatable bonds is 10. The Morgan fingerprint density at radius 3 is 2.38 bits per heavy atom. The van der Waals surface area contributed by atoms with Crippen molar-refractivity contribution in [3.8, 4) is 11.5 Å². The van der Waals surface area contributed by atoms with E-state index in [0.29, 0.717) is 49.9 Å². The minimum Gasteiger partial charge on any atom is -0.490 e. The summed E-state index contributed by atoms with van der Waals surface area (Å²) in [5.41, 5.74) is 1.67. The summed E-state index contributed by atoms with van der Waals surface area (Å²) < 4.78 is 11.3. The molecule has 2 amide bonds. The monoisotopic (exact) mass is 439 g/mol. The number of nitrogens with zero attached hydrogens (tertiary/aromatic N) is 2. The summed E-state index contributed by atoms with van der Waals surface area (Å²) in [5, 5.41) is 2.84. The molecule has 172 valence electrons. The lowest BCUT2D eigenvalue weighted by molar-refractivity contribution is -0.131. The van der Waals surface area contributed by atoms with Crippen molar-refractivity contribution < 1.29 is 19.1 Å². The van der Waals surface area contributed by atoms with Crippen LogP contribution >= 0.6 is 0 Å². The third-order valence-corrected chi connectivity index (χ3v) is 5.35. The van der Waals surface area contributed by atoms with Gasteiger partial charge in [-0.25, -0.2) is 0 Å². The highest BCUT2D eigenvalue weighted by Gasteiger charge is 2.21. The Bertz CT molecular complexity index is 880. The van der Waals surface area contributed by atoms with Gasteiger partial charge in [0.25, 0.3) is 5.91 Å². The molecule has 1 saturated heterocycles. The molecule has 0 saturated carbocycles. The molecule has 0 atom stereocenters. The van der Waals surface area contributed by atoms with E-state index in [1.807, 2.05) is 36.9 Å². The van der Waals surface area contributed by atoms with Crippen LogP contribution in [0.1, 0.15) is 37.0 Å². The average Bonchev–Trinajstić information content (AvgIpc) is 2.84. The maximum absolute atomic E-state index is 12.6. The second-order valence-electron chi connectivity index (χ2n) is 7.65. The molecule has 1 aliphatic heterocycles. The topological polar surface area (TPSA) is 71.1 Å². The second kappa shape index (κ2) is 12.0. The highest BCUT2D eigenvalue weighted by molar-refractivity contribution is 5.95. The zero-order valence-corrected chi connectivity index (χ0v) is 19.0. The third-order valence-electron chi connectivity index (χ3n) is 5.35. The van der Waals surface area contributed by atoms with Gasteiger partial charge in [-0.3, -0.25) is 9.59 Å². The van der Waals surface area contributed by atoms with Crippen LogP contribution in [0.25, 0.3) is 0 Å². The van der Waals surface area contributed by atoms with E-state index in [4.69, 9.17) is 9.47 Å². The maximum atomic E-state index is 12.6. The van der Waals surface area contributed by atoms with Gasteiger partial charge in [0.2, 0.25) is 5.91 Å². The Morgan fingerprint density at radius 2 is 1.69 bits per heavy atom. The molecule has 0 radical (unpaired) electrons. The summed E-state index contributed by atoms with van der Waals surface area (Å²) in [6.07, 6.45) is 1.18. The van der Waals surface area contributed by atoms with Gasteiger partial charge in [-0.15, -0.1) is 0 Å². The van der Waals surface area contributed by atoms with E-state index >= 15 is 0 Å². The molecule has 7 nitrogen and oxygen atoms in total. The van der Waals surface area contributed by atoms with Crippen molar-refractivity contribution in [3.63, 3.8) is 0 Å². The van der Waals surface area contributed by atoms with E-state index < -0.39 is 0 Å². The molecule has 2 aromatic carbocycles. The van der Waals surface area contributed by atoms with Crippen molar-refractivity contribution in [2.24, 2.45) is 0 Å². The Morgan fingerprint density at radius 1 is 0.938 bits per heavy atom. The molecule has 0 aliphatic carbocycles. The minimum absolute atomic E-state index is 0.0660. The van der Waals surface area contributed by atoms with Gasteiger partial charge in [0, 0.05) is 50.4 Å². The molecular weight excluding hydrogens is 406 g/mol. The lowest BCUT2D eigenvalue weighted by Crippen LogP contribution is -2.49. The Kier molecular flexibility index (Phi) is 8.78. The molecule has 1 N–H and O–H groups in total. The zero-order chi connectivity index (χ0) is 22.8. The van der Waals surface area contributed by atoms with Crippen LogP contribution in [0.15, 0.2) is 48.5 Å². The smallest absolute Gasteiger partial charge is 0.251 e. The lowest BCUT2D eigenvalue weighted by atomic mass is 10.2. The Hall–Kier alpha value is -3.22. The molecule has 1 aliphatic rings. The van der Waals surface area contributed by atoms with Gasteiger partial charge in [-0.2, -0.15) is 0 Å². The van der Waals surface area contributed by atoms with E-state index in [9.17, 15) is 9.59 Å². The fourth-order valence-electron chi connectivity index (χ4n) is 3.64. The fraction of sp³-hybridized carbons (Fsp3) is 0.440. The van der Waals surface area contributed by atoms with Gasteiger partial charge in [-0.05, 0) is 43.7 Å². The van der Waals surface area contributed by atoms with E-state index in [0.717, 1.165) is 19.5 Å². The fourth-order valence-corrected chi connectivity index (χ4v) is 3.64. The largest absolute Gasteiger partial charge is 0.490 e. The van der Waals surface area contributed by atoms with Crippen LogP contribution in [-0.4, -0.2) is 62.7 Å². The summed E-state index contributed by atoms with van der Waals surface area (Å²) >= 11 is 0. The van der Waals surface area contributed by atoms with E-state index in [1.165, 1.54) is 5.69 Å². The molecular formula is C25H33N3O4. The first-order valence-electron chi connectivity index (χ1n) is 11.4. The molecule has 32 heavy (non-hydrogen) atoms. The standard InChI is InChI=1S/C25H33N3O4/c1-3-18-32-22-11-10-20(19-23(22)31-4-2)25(30)26-13-12-24(29)28-16-14-27(15-17-28)21-8-6-5-7-9-21/h5-11,19H,3-4,12-18H2,1-2H3,(H,26,30). The Labute approximate surface area is 190 Å². The number of nitrogens with one attached hydrogen (secondary N) is 1. The number of benzene rings is 2. The summed E-state index contributed by atoms with van der Waals surface area (Å²) in [6.45, 7) is 8.32. The van der Waals surface area contributed by atoms with Crippen LogP contribution in [0.3, 0.4) is 0 Å². The quantitative estimate of drug-likeness (QED) is 0.615. The SMILES string of the molecule is CCCOc1ccc(C(=O)NCCC(=O)N2CCN(c3ccccc3)CC2)cc1OCC. The number of amides is 2. The van der Waals surface area contributed by atoms with E-state index in [1.54, 1.807) is 18.2 Å². The first-order valence-corrected chi connectivity index (χ1v) is 11.4. The van der Waals surface area contributed by atoms with Crippen molar-refractivity contribution in [2.75, 3.05) is 50.8 Å². The van der Waals surface area contributed by atoms with E-state index in [2.05, 4.69) is 22.3 Å². The molecule has 0 unspecified atom stereocenters. The van der Waals surface area contributed by atoms with Gasteiger partial charge in [0.05, 0.1) is 13.2 Å². The van der Waals surface area contributed by atoms with Crippen molar-refractivity contribution in [1.82, 2.24) is 10.2 Å². The summed E-state index contributed by atoms with van der Waals surface area (Å²) in [4.78, 5) is 29.3. The van der Waals surface area contributed by atoms with Crippen LogP contribution in [0, 0.1) is 0 Å². The third kappa shape index (κ3) is 6.39. The number of hydrogen-bond donors (Lipinski definition) is 1. The Balaban J connectivity index is 1.45. The van der Waals surface area contributed by atoms with Gasteiger partial charge in [0.15, 0.2) is 11.5 Å². The molecule has 1 heterocycles. The zero-order valence-electron chi connectivity index (χ0n) is 19.0. The predicted octanol–water partition coefficient (Wildman–Crippen LogP) is 3.34. The van der Waals surface area contributed by atoms with Gasteiger partial charge < -0.3 is 24.6 Å². The van der Waals surface area contributed by atoms with E-state index in [-0.39, 0.29) is 18.2 Å². The van der Waals surface area contributed by atoms with Gasteiger partial charge in [-0.1, -0.05) is 25.1 Å². The summed E-state index contributed by atoms with van der Waals surface area (Å²) in [6, 6.07) is 15.4. The normalized spacial score (nSPS) is 13.6. The maximum Gasteiger partial charge on any atom is 0.251 e. The predicted molar refractivity (Wildman–Crippen MR) is 126 cm³/mol. The summed E-state index contributed by atoms with van der Waals surface area (Å²) in [7, 11) is 0. The van der Waals surface area contributed by atoms with Crippen molar-refractivity contribution >= 4 is 17.5 Å². The van der Waals surface area contributed by atoms with Crippen LogP contribution in [0.4, 0.5) is 5.69 Å². The molecule has 0 bridgehead atoms. The number of anilines is 1. The lowest BCUT2D eigenvalue weighted by Gasteiger charge is -2.36. The summed E-state index contributed by atoms with van der Waals surface area (Å²) in [5.74, 6) is 1.03. The van der Waals surface area contributed by atoms with Crippen molar-refractivity contribution in [1.29, 1.82) is 0 Å².